The summed E-state index contributed by atoms with van der Waals surface area (Å²) >= 11 is 0. The molecule has 0 aliphatic carbocycles. The van der Waals surface area contributed by atoms with E-state index in [4.69, 9.17) is 9.47 Å². The van der Waals surface area contributed by atoms with E-state index in [1.807, 2.05) is 7.05 Å². The monoisotopic (exact) mass is 468 g/mol. The molecule has 2 aliphatic rings. The van der Waals surface area contributed by atoms with Crippen LogP contribution in [0.15, 0.2) is 4.99 Å². The Bertz CT molecular complexity index is 357. The fourth-order valence-corrected chi connectivity index (χ4v) is 3.38. The molecule has 6 nitrogen and oxygen atoms in total. The number of guanidine groups is 1. The van der Waals surface area contributed by atoms with Crippen LogP contribution >= 0.6 is 24.0 Å². The quantitative estimate of drug-likeness (QED) is 0.235. The predicted octanol–water partition coefficient (Wildman–Crippen LogP) is 2.23. The van der Waals surface area contributed by atoms with E-state index in [0.29, 0.717) is 12.1 Å². The van der Waals surface area contributed by atoms with Crippen molar-refractivity contribution in [2.24, 2.45) is 4.99 Å². The van der Waals surface area contributed by atoms with Crippen LogP contribution < -0.4 is 10.6 Å². The summed E-state index contributed by atoms with van der Waals surface area (Å²) in [6, 6.07) is 0.542. The molecule has 2 saturated heterocycles. The van der Waals surface area contributed by atoms with E-state index >= 15 is 0 Å². The summed E-state index contributed by atoms with van der Waals surface area (Å²) in [5, 5.41) is 6.95. The molecular formula is C18H37IN4O2. The van der Waals surface area contributed by atoms with Crippen molar-refractivity contribution >= 4 is 29.9 Å². The zero-order valence-electron chi connectivity index (χ0n) is 16.0. The number of hydrogen-bond acceptors (Lipinski definition) is 4. The maximum Gasteiger partial charge on any atom is 0.191 e. The predicted molar refractivity (Wildman–Crippen MR) is 114 cm³/mol. The fourth-order valence-electron chi connectivity index (χ4n) is 3.38. The van der Waals surface area contributed by atoms with E-state index in [-0.39, 0.29) is 24.0 Å². The molecule has 0 aromatic rings. The molecule has 1 unspecified atom stereocenters. The summed E-state index contributed by atoms with van der Waals surface area (Å²) in [5.74, 6) is 0.920. The lowest BCUT2D eigenvalue weighted by atomic mass is 10.1. The van der Waals surface area contributed by atoms with Gasteiger partial charge in [-0.3, -0.25) is 4.99 Å². The fraction of sp³-hybridized carbons (Fsp3) is 0.944. The molecule has 2 fully saturated rings. The van der Waals surface area contributed by atoms with Gasteiger partial charge in [0, 0.05) is 45.9 Å². The Morgan fingerprint density at radius 2 is 2.08 bits per heavy atom. The average molecular weight is 468 g/mol. The van der Waals surface area contributed by atoms with Crippen LogP contribution in [0.5, 0.6) is 0 Å². The zero-order chi connectivity index (χ0) is 17.0. The Kier molecular flexibility index (Phi) is 12.8. The van der Waals surface area contributed by atoms with Gasteiger partial charge in [-0.2, -0.15) is 0 Å². The van der Waals surface area contributed by atoms with Crippen molar-refractivity contribution in [1.82, 2.24) is 15.5 Å². The third-order valence-electron chi connectivity index (χ3n) is 4.78. The molecule has 2 heterocycles. The average Bonchev–Trinajstić information content (AvgIpc) is 3.12. The first kappa shape index (κ1) is 22.9. The van der Waals surface area contributed by atoms with Crippen LogP contribution in [0.2, 0.25) is 0 Å². The molecule has 2 N–H and O–H groups in total. The van der Waals surface area contributed by atoms with E-state index in [1.54, 1.807) is 0 Å². The number of likely N-dealkylation sites (tertiary alicyclic amines) is 1. The number of nitrogens with zero attached hydrogens (tertiary/aromatic N) is 2. The van der Waals surface area contributed by atoms with Gasteiger partial charge in [0.15, 0.2) is 5.96 Å². The number of halogens is 1. The summed E-state index contributed by atoms with van der Waals surface area (Å²) in [4.78, 5) is 6.89. The first-order valence-electron chi connectivity index (χ1n) is 9.70. The van der Waals surface area contributed by atoms with Gasteiger partial charge in [0.1, 0.15) is 0 Å². The van der Waals surface area contributed by atoms with Gasteiger partial charge >= 0.3 is 0 Å². The molecule has 2 aliphatic heterocycles. The first-order valence-corrected chi connectivity index (χ1v) is 9.70. The van der Waals surface area contributed by atoms with Gasteiger partial charge in [0.2, 0.25) is 0 Å². The van der Waals surface area contributed by atoms with Gasteiger partial charge in [0.05, 0.1) is 12.7 Å². The van der Waals surface area contributed by atoms with Crippen LogP contribution in [0.4, 0.5) is 0 Å². The minimum Gasteiger partial charge on any atom is -0.379 e. The van der Waals surface area contributed by atoms with Gasteiger partial charge in [-0.15, -0.1) is 24.0 Å². The van der Waals surface area contributed by atoms with Gasteiger partial charge in [0.25, 0.3) is 0 Å². The van der Waals surface area contributed by atoms with E-state index in [0.717, 1.165) is 45.2 Å². The number of piperidine rings is 1. The Morgan fingerprint density at radius 1 is 1.28 bits per heavy atom. The van der Waals surface area contributed by atoms with Gasteiger partial charge in [-0.1, -0.05) is 6.92 Å². The van der Waals surface area contributed by atoms with Crippen LogP contribution in [-0.2, 0) is 9.47 Å². The lowest BCUT2D eigenvalue weighted by Gasteiger charge is -2.32. The summed E-state index contributed by atoms with van der Waals surface area (Å²) in [6.07, 6.45) is 7.28. The van der Waals surface area contributed by atoms with Crippen LogP contribution in [0.1, 0.15) is 45.4 Å². The van der Waals surface area contributed by atoms with Gasteiger partial charge in [-0.05, 0) is 45.1 Å². The number of nitrogens with one attached hydrogen (secondary N) is 2. The topological polar surface area (TPSA) is 58.1 Å². The van der Waals surface area contributed by atoms with Crippen molar-refractivity contribution in [3.05, 3.63) is 0 Å². The number of ether oxygens (including phenoxy) is 2. The SMILES string of the molecule is CCCN1CCC(NC(=NC)NCCCOCC2CCCO2)CC1.I. The van der Waals surface area contributed by atoms with E-state index in [1.165, 1.54) is 45.3 Å². The molecule has 0 aromatic heterocycles. The maximum atomic E-state index is 5.69. The molecule has 7 heteroatoms. The second kappa shape index (κ2) is 14.0. The second-order valence-electron chi connectivity index (χ2n) is 6.82. The van der Waals surface area contributed by atoms with E-state index < -0.39 is 0 Å². The number of hydrogen-bond donors (Lipinski definition) is 2. The Morgan fingerprint density at radius 3 is 2.72 bits per heavy atom. The molecule has 1 atom stereocenters. The van der Waals surface area contributed by atoms with E-state index in [9.17, 15) is 0 Å². The first-order chi connectivity index (χ1) is 11.8. The van der Waals surface area contributed by atoms with Crippen LogP contribution in [-0.4, -0.2) is 76.1 Å². The molecule has 0 bridgehead atoms. The lowest BCUT2D eigenvalue weighted by Crippen LogP contribution is -2.49. The molecule has 0 saturated carbocycles. The van der Waals surface area contributed by atoms with Crippen LogP contribution in [0.3, 0.4) is 0 Å². The minimum atomic E-state index is 0. The molecule has 2 rings (SSSR count). The molecule has 0 spiro atoms. The molecule has 0 amide bonds. The van der Waals surface area contributed by atoms with Gasteiger partial charge in [-0.25, -0.2) is 0 Å². The highest BCUT2D eigenvalue weighted by Crippen LogP contribution is 2.12. The molecular weight excluding hydrogens is 431 g/mol. The van der Waals surface area contributed by atoms with Crippen molar-refractivity contribution in [1.29, 1.82) is 0 Å². The molecule has 148 valence electrons. The highest BCUT2D eigenvalue weighted by Gasteiger charge is 2.19. The Labute approximate surface area is 170 Å². The zero-order valence-corrected chi connectivity index (χ0v) is 18.3. The third-order valence-corrected chi connectivity index (χ3v) is 4.78. The van der Waals surface area contributed by atoms with Crippen molar-refractivity contribution < 1.29 is 9.47 Å². The minimum absolute atomic E-state index is 0. The normalized spacial score (nSPS) is 22.6. The van der Waals surface area contributed by atoms with Crippen LogP contribution in [0, 0.1) is 0 Å². The maximum absolute atomic E-state index is 5.69. The molecule has 0 radical (unpaired) electrons. The Hall–Kier alpha value is -0.120. The summed E-state index contributed by atoms with van der Waals surface area (Å²) in [5.41, 5.74) is 0. The summed E-state index contributed by atoms with van der Waals surface area (Å²) in [6.45, 7) is 9.17. The molecule has 25 heavy (non-hydrogen) atoms. The van der Waals surface area contributed by atoms with Crippen molar-refractivity contribution in [3.8, 4) is 0 Å². The largest absolute Gasteiger partial charge is 0.379 e. The number of aliphatic imine (C=N–C) groups is 1. The van der Waals surface area contributed by atoms with E-state index in [2.05, 4.69) is 27.4 Å². The van der Waals surface area contributed by atoms with Crippen molar-refractivity contribution in [2.45, 2.75) is 57.6 Å². The smallest absolute Gasteiger partial charge is 0.191 e. The van der Waals surface area contributed by atoms with Crippen molar-refractivity contribution in [2.75, 3.05) is 53.0 Å². The van der Waals surface area contributed by atoms with Crippen molar-refractivity contribution in [3.63, 3.8) is 0 Å². The third kappa shape index (κ3) is 9.40. The molecule has 0 aromatic carbocycles. The highest BCUT2D eigenvalue weighted by atomic mass is 127. The standard InChI is InChI=1S/C18H36N4O2.HI/c1-3-10-22-11-7-16(8-12-22)21-18(19-2)20-9-5-13-23-15-17-6-4-14-24-17;/h16-17H,3-15H2,1-2H3,(H2,19,20,21);1H. The second-order valence-corrected chi connectivity index (χ2v) is 6.82. The Balaban J connectivity index is 0.00000312. The number of rotatable bonds is 9. The highest BCUT2D eigenvalue weighted by molar-refractivity contribution is 14.0. The summed E-state index contributed by atoms with van der Waals surface area (Å²) < 4.78 is 11.2. The van der Waals surface area contributed by atoms with Gasteiger partial charge < -0.3 is 25.0 Å². The van der Waals surface area contributed by atoms with Crippen LogP contribution in [0.25, 0.3) is 0 Å². The summed E-state index contributed by atoms with van der Waals surface area (Å²) in [7, 11) is 1.84. The lowest BCUT2D eigenvalue weighted by molar-refractivity contribution is 0.0168.